The van der Waals surface area contributed by atoms with Crippen molar-refractivity contribution in [3.63, 3.8) is 0 Å². The summed E-state index contributed by atoms with van der Waals surface area (Å²) in [5.41, 5.74) is -0.355. The van der Waals surface area contributed by atoms with Gasteiger partial charge < -0.3 is 19.8 Å². The minimum atomic E-state index is -1.22. The number of fused-ring (bicyclic) bond motifs is 1. The van der Waals surface area contributed by atoms with Crippen molar-refractivity contribution in [3.8, 4) is 11.5 Å². The molecule has 1 aromatic rings. The maximum Gasteiger partial charge on any atom is 0.196 e. The van der Waals surface area contributed by atoms with Crippen LogP contribution in [0.25, 0.3) is 0 Å². The van der Waals surface area contributed by atoms with Crippen LogP contribution in [0.5, 0.6) is 11.5 Å². The molecule has 1 saturated heterocycles. The summed E-state index contributed by atoms with van der Waals surface area (Å²) in [5, 5.41) is 21.9. The lowest BCUT2D eigenvalue weighted by molar-refractivity contribution is -0.146. The molecule has 1 unspecified atom stereocenters. The summed E-state index contributed by atoms with van der Waals surface area (Å²) >= 11 is 0. The molecule has 1 aliphatic carbocycles. The van der Waals surface area contributed by atoms with Gasteiger partial charge in [0, 0.05) is 11.6 Å². The zero-order valence-electron chi connectivity index (χ0n) is 13.5. The van der Waals surface area contributed by atoms with Crippen LogP contribution in [0.15, 0.2) is 24.3 Å². The SMILES string of the molecule is Cc1ccc(O)c2c1[C@]13CCN(C)[C@H](C)C1(O)C=CC(=O)[C@@H]3O2. The van der Waals surface area contributed by atoms with E-state index in [1.54, 1.807) is 12.1 Å². The third kappa shape index (κ3) is 1.52. The summed E-state index contributed by atoms with van der Waals surface area (Å²) in [6.07, 6.45) is 2.88. The first kappa shape index (κ1) is 14.7. The Morgan fingerprint density at radius 2 is 2.13 bits per heavy atom. The molecule has 1 spiro atoms. The van der Waals surface area contributed by atoms with Gasteiger partial charge >= 0.3 is 0 Å². The second-order valence-corrected chi connectivity index (χ2v) is 7.04. The van der Waals surface area contributed by atoms with Gasteiger partial charge in [-0.15, -0.1) is 0 Å². The topological polar surface area (TPSA) is 70.0 Å². The predicted octanol–water partition coefficient (Wildman–Crippen LogP) is 1.29. The fourth-order valence-corrected chi connectivity index (χ4v) is 4.70. The summed E-state index contributed by atoms with van der Waals surface area (Å²) in [7, 11) is 1.97. The number of benzene rings is 1. The summed E-state index contributed by atoms with van der Waals surface area (Å²) in [6.45, 7) is 4.65. The Kier molecular flexibility index (Phi) is 2.79. The first-order chi connectivity index (χ1) is 10.8. The molecule has 122 valence electrons. The molecule has 0 amide bonds. The second kappa shape index (κ2) is 4.36. The van der Waals surface area contributed by atoms with Gasteiger partial charge in [-0.25, -0.2) is 0 Å². The number of aryl methyl sites for hydroxylation is 1. The monoisotopic (exact) mass is 315 g/mol. The number of likely N-dealkylation sites (tertiary alicyclic amines) is 1. The molecule has 3 aliphatic rings. The van der Waals surface area contributed by atoms with Crippen molar-refractivity contribution >= 4 is 5.78 Å². The van der Waals surface area contributed by atoms with Crippen LogP contribution in [-0.4, -0.2) is 52.2 Å². The van der Waals surface area contributed by atoms with E-state index >= 15 is 0 Å². The van der Waals surface area contributed by atoms with Crippen LogP contribution in [0, 0.1) is 6.92 Å². The van der Waals surface area contributed by atoms with E-state index in [0.29, 0.717) is 12.2 Å². The number of hydrogen-bond acceptors (Lipinski definition) is 5. The van der Waals surface area contributed by atoms with Crippen LogP contribution >= 0.6 is 0 Å². The molecule has 2 N–H and O–H groups in total. The van der Waals surface area contributed by atoms with Crippen LogP contribution in [0.1, 0.15) is 24.5 Å². The van der Waals surface area contributed by atoms with Crippen LogP contribution in [0.4, 0.5) is 0 Å². The number of phenols is 1. The van der Waals surface area contributed by atoms with Crippen molar-refractivity contribution in [2.75, 3.05) is 13.6 Å². The summed E-state index contributed by atoms with van der Waals surface area (Å²) in [5.74, 6) is 0.222. The van der Waals surface area contributed by atoms with Crippen molar-refractivity contribution in [1.29, 1.82) is 0 Å². The fraction of sp³-hybridized carbons (Fsp3) is 0.500. The maximum atomic E-state index is 12.5. The Bertz CT molecular complexity index is 743. The van der Waals surface area contributed by atoms with E-state index in [2.05, 4.69) is 4.90 Å². The van der Waals surface area contributed by atoms with Gasteiger partial charge in [-0.2, -0.15) is 0 Å². The number of aliphatic hydroxyl groups is 1. The van der Waals surface area contributed by atoms with Gasteiger partial charge in [-0.1, -0.05) is 6.07 Å². The summed E-state index contributed by atoms with van der Waals surface area (Å²) < 4.78 is 5.91. The Morgan fingerprint density at radius 3 is 2.87 bits per heavy atom. The summed E-state index contributed by atoms with van der Waals surface area (Å²) in [4.78, 5) is 14.6. The Hall–Kier alpha value is -1.85. The Morgan fingerprint density at radius 1 is 1.39 bits per heavy atom. The zero-order valence-corrected chi connectivity index (χ0v) is 13.5. The second-order valence-electron chi connectivity index (χ2n) is 7.04. The molecule has 4 atom stereocenters. The average Bonchev–Trinajstić information content (AvgIpc) is 2.89. The van der Waals surface area contributed by atoms with Gasteiger partial charge in [0.05, 0.1) is 5.41 Å². The van der Waals surface area contributed by atoms with Crippen molar-refractivity contribution in [2.24, 2.45) is 0 Å². The molecule has 23 heavy (non-hydrogen) atoms. The van der Waals surface area contributed by atoms with Crippen molar-refractivity contribution < 1.29 is 19.7 Å². The third-order valence-electron chi connectivity index (χ3n) is 6.11. The highest BCUT2D eigenvalue weighted by Crippen LogP contribution is 2.60. The number of likely N-dealkylation sites (N-methyl/N-ethyl adjacent to an activating group) is 1. The summed E-state index contributed by atoms with van der Waals surface area (Å²) in [6, 6.07) is 3.23. The number of carbonyl (C=O) groups excluding carboxylic acids is 1. The van der Waals surface area contributed by atoms with Crippen LogP contribution in [0.2, 0.25) is 0 Å². The average molecular weight is 315 g/mol. The maximum absolute atomic E-state index is 12.5. The molecule has 2 aliphatic heterocycles. The molecule has 1 aromatic carbocycles. The van der Waals surface area contributed by atoms with Crippen LogP contribution in [0.3, 0.4) is 0 Å². The van der Waals surface area contributed by atoms with E-state index in [4.69, 9.17) is 4.74 Å². The van der Waals surface area contributed by atoms with Crippen molar-refractivity contribution in [1.82, 2.24) is 4.90 Å². The van der Waals surface area contributed by atoms with E-state index < -0.39 is 17.1 Å². The van der Waals surface area contributed by atoms with E-state index in [1.165, 1.54) is 6.08 Å². The minimum absolute atomic E-state index is 0.0242. The largest absolute Gasteiger partial charge is 0.504 e. The highest BCUT2D eigenvalue weighted by Gasteiger charge is 2.68. The molecule has 0 saturated carbocycles. The van der Waals surface area contributed by atoms with Gasteiger partial charge in [-0.05, 0) is 57.6 Å². The van der Waals surface area contributed by atoms with Gasteiger partial charge in [0.15, 0.2) is 23.4 Å². The molecular formula is C18H21NO4. The van der Waals surface area contributed by atoms with Gasteiger partial charge in [0.1, 0.15) is 5.60 Å². The van der Waals surface area contributed by atoms with Gasteiger partial charge in [-0.3, -0.25) is 4.79 Å². The minimum Gasteiger partial charge on any atom is -0.504 e. The molecule has 0 aromatic heterocycles. The lowest BCUT2D eigenvalue weighted by atomic mass is 9.55. The Balaban J connectivity index is 2.06. The Labute approximate surface area is 135 Å². The zero-order chi connectivity index (χ0) is 16.6. The normalized spacial score (nSPS) is 38.7. The number of aromatic hydroxyl groups is 1. The molecule has 0 radical (unpaired) electrons. The molecule has 4 rings (SSSR count). The molecule has 5 nitrogen and oxygen atoms in total. The quantitative estimate of drug-likeness (QED) is 0.755. The van der Waals surface area contributed by atoms with E-state index in [9.17, 15) is 15.0 Å². The number of piperidine rings is 1. The first-order valence-corrected chi connectivity index (χ1v) is 7.98. The van der Waals surface area contributed by atoms with E-state index in [1.807, 2.05) is 27.0 Å². The van der Waals surface area contributed by atoms with Crippen LogP contribution in [-0.2, 0) is 10.2 Å². The van der Waals surface area contributed by atoms with Gasteiger partial charge in [0.25, 0.3) is 0 Å². The predicted molar refractivity (Wildman–Crippen MR) is 84.7 cm³/mol. The number of nitrogens with zero attached hydrogens (tertiary/aromatic N) is 1. The first-order valence-electron chi connectivity index (χ1n) is 7.98. The third-order valence-corrected chi connectivity index (χ3v) is 6.11. The van der Waals surface area contributed by atoms with Crippen molar-refractivity contribution in [2.45, 2.75) is 43.4 Å². The fourth-order valence-electron chi connectivity index (χ4n) is 4.70. The molecule has 0 bridgehead atoms. The lowest BCUT2D eigenvalue weighted by Crippen LogP contribution is -2.71. The van der Waals surface area contributed by atoms with Crippen LogP contribution < -0.4 is 4.74 Å². The molecule has 1 fully saturated rings. The smallest absolute Gasteiger partial charge is 0.196 e. The highest BCUT2D eigenvalue weighted by atomic mass is 16.5. The van der Waals surface area contributed by atoms with E-state index in [0.717, 1.165) is 17.7 Å². The molecule has 5 heteroatoms. The van der Waals surface area contributed by atoms with Crippen molar-refractivity contribution in [3.05, 3.63) is 35.4 Å². The number of rotatable bonds is 0. The molecular weight excluding hydrogens is 294 g/mol. The number of ketones is 1. The lowest BCUT2D eigenvalue weighted by Gasteiger charge is -2.56. The number of hydrogen-bond donors (Lipinski definition) is 2. The number of carbonyl (C=O) groups is 1. The highest BCUT2D eigenvalue weighted by molar-refractivity contribution is 5.98. The number of phenolic OH excluding ortho intramolecular Hbond substituents is 1. The standard InChI is InChI=1S/C18H21NO4/c1-10-4-5-12(20)15-14(10)17-8-9-19(3)11(2)18(17,22)7-6-13(21)16(17)23-15/h4-7,11,16,20,22H,8-9H2,1-3H3/t11-,16+,17+,18?/m1/s1. The van der Waals surface area contributed by atoms with E-state index in [-0.39, 0.29) is 17.6 Å². The van der Waals surface area contributed by atoms with Gasteiger partial charge in [0.2, 0.25) is 0 Å². The number of ether oxygens (including phenoxy) is 1. The molecule has 2 heterocycles.